The zero-order chi connectivity index (χ0) is 9.26. The molecule has 0 unspecified atom stereocenters. The largest absolute Gasteiger partial charge is 0.245 e. The van der Waals surface area contributed by atoms with Crippen molar-refractivity contribution in [3.8, 4) is 6.07 Å². The van der Waals surface area contributed by atoms with E-state index in [0.29, 0.717) is 16.4 Å². The predicted molar refractivity (Wildman–Crippen MR) is 49.3 cm³/mol. The van der Waals surface area contributed by atoms with Crippen molar-refractivity contribution in [3.05, 3.63) is 35.2 Å². The number of rotatable bonds is 0. The van der Waals surface area contributed by atoms with E-state index in [2.05, 4.69) is 9.97 Å². The molecule has 0 bridgehead atoms. The van der Waals surface area contributed by atoms with Crippen LogP contribution in [0.2, 0.25) is 5.15 Å². The molecule has 4 heteroatoms. The normalized spacial score (nSPS) is 9.85. The molecule has 62 valence electrons. The van der Waals surface area contributed by atoms with Gasteiger partial charge in [0.05, 0.1) is 5.52 Å². The van der Waals surface area contributed by atoms with E-state index in [9.17, 15) is 0 Å². The molecule has 0 atom stereocenters. The van der Waals surface area contributed by atoms with Crippen LogP contribution in [0.1, 0.15) is 5.69 Å². The summed E-state index contributed by atoms with van der Waals surface area (Å²) in [7, 11) is 0. The monoisotopic (exact) mass is 189 g/mol. The lowest BCUT2D eigenvalue weighted by Gasteiger charge is -1.96. The van der Waals surface area contributed by atoms with Crippen LogP contribution in [0.4, 0.5) is 0 Å². The second-order valence-corrected chi connectivity index (χ2v) is 2.90. The number of aromatic nitrogens is 2. The van der Waals surface area contributed by atoms with Gasteiger partial charge in [0.1, 0.15) is 16.9 Å². The van der Waals surface area contributed by atoms with Crippen LogP contribution in [0.15, 0.2) is 24.4 Å². The van der Waals surface area contributed by atoms with E-state index in [4.69, 9.17) is 16.9 Å². The number of halogens is 1. The fourth-order valence-corrected chi connectivity index (χ4v) is 1.21. The van der Waals surface area contributed by atoms with Crippen molar-refractivity contribution in [1.29, 1.82) is 5.26 Å². The van der Waals surface area contributed by atoms with Gasteiger partial charge in [-0.25, -0.2) is 9.97 Å². The van der Waals surface area contributed by atoms with Crippen LogP contribution in [0.5, 0.6) is 0 Å². The van der Waals surface area contributed by atoms with E-state index >= 15 is 0 Å². The first-order valence-electron chi connectivity index (χ1n) is 3.62. The Bertz CT molecular complexity index is 502. The van der Waals surface area contributed by atoms with Gasteiger partial charge in [-0.05, 0) is 12.1 Å². The molecule has 0 N–H and O–H groups in total. The molecule has 0 amide bonds. The zero-order valence-corrected chi connectivity index (χ0v) is 7.28. The predicted octanol–water partition coefficient (Wildman–Crippen LogP) is 2.15. The average Bonchev–Trinajstić information content (AvgIpc) is 2.16. The molecule has 0 saturated carbocycles. The Morgan fingerprint density at radius 2 is 2.23 bits per heavy atom. The van der Waals surface area contributed by atoms with Crippen LogP contribution in [0, 0.1) is 11.3 Å². The van der Waals surface area contributed by atoms with Crippen LogP contribution in [-0.2, 0) is 0 Å². The summed E-state index contributed by atoms with van der Waals surface area (Å²) in [6.45, 7) is 0. The number of nitrogens with zero attached hydrogens (tertiary/aromatic N) is 3. The second-order valence-electron chi connectivity index (χ2n) is 2.51. The minimum Gasteiger partial charge on any atom is -0.245 e. The number of hydrogen-bond donors (Lipinski definition) is 0. The minimum atomic E-state index is 0.349. The Kier molecular flexibility index (Phi) is 1.84. The third-order valence-electron chi connectivity index (χ3n) is 1.65. The summed E-state index contributed by atoms with van der Waals surface area (Å²) in [6, 6.07) is 7.07. The Morgan fingerprint density at radius 3 is 3.00 bits per heavy atom. The lowest BCUT2D eigenvalue weighted by atomic mass is 10.2. The van der Waals surface area contributed by atoms with Crippen LogP contribution in [-0.4, -0.2) is 9.97 Å². The highest BCUT2D eigenvalue weighted by Crippen LogP contribution is 2.14. The van der Waals surface area contributed by atoms with Crippen molar-refractivity contribution in [2.24, 2.45) is 0 Å². The number of pyridine rings is 2. The quantitative estimate of drug-likeness (QED) is 0.597. The molecule has 2 heterocycles. The van der Waals surface area contributed by atoms with Crippen molar-refractivity contribution in [2.45, 2.75) is 0 Å². The number of fused-ring (bicyclic) bond motifs is 1. The lowest BCUT2D eigenvalue weighted by Crippen LogP contribution is -1.85. The van der Waals surface area contributed by atoms with E-state index in [0.717, 1.165) is 5.39 Å². The smallest absolute Gasteiger partial charge is 0.142 e. The van der Waals surface area contributed by atoms with Gasteiger partial charge < -0.3 is 0 Å². The minimum absolute atomic E-state index is 0.349. The van der Waals surface area contributed by atoms with Gasteiger partial charge in [-0.1, -0.05) is 11.6 Å². The summed E-state index contributed by atoms with van der Waals surface area (Å²) in [6.07, 6.45) is 1.61. The molecule has 0 aliphatic carbocycles. The summed E-state index contributed by atoms with van der Waals surface area (Å²) >= 11 is 5.70. The van der Waals surface area contributed by atoms with Gasteiger partial charge in [-0.15, -0.1) is 0 Å². The summed E-state index contributed by atoms with van der Waals surface area (Å²) in [5, 5.41) is 9.89. The highest BCUT2D eigenvalue weighted by molar-refractivity contribution is 6.29. The maximum absolute atomic E-state index is 8.59. The Hall–Kier alpha value is -1.66. The molecule has 2 rings (SSSR count). The molecule has 13 heavy (non-hydrogen) atoms. The molecule has 0 aliphatic rings. The van der Waals surface area contributed by atoms with Gasteiger partial charge in [-0.2, -0.15) is 5.26 Å². The van der Waals surface area contributed by atoms with E-state index in [1.54, 1.807) is 18.3 Å². The maximum Gasteiger partial charge on any atom is 0.142 e. The average molecular weight is 190 g/mol. The first-order chi connectivity index (χ1) is 6.29. The first-order valence-corrected chi connectivity index (χ1v) is 4.00. The van der Waals surface area contributed by atoms with Crippen LogP contribution in [0.3, 0.4) is 0 Å². The fraction of sp³-hybridized carbons (Fsp3) is 0. The molecule has 0 radical (unpaired) electrons. The van der Waals surface area contributed by atoms with Crippen molar-refractivity contribution in [3.63, 3.8) is 0 Å². The summed E-state index contributed by atoms with van der Waals surface area (Å²) in [5.41, 5.74) is 1.04. The zero-order valence-electron chi connectivity index (χ0n) is 6.53. The molecule has 0 aliphatic heterocycles. The van der Waals surface area contributed by atoms with Crippen molar-refractivity contribution >= 4 is 22.5 Å². The van der Waals surface area contributed by atoms with Gasteiger partial charge in [0, 0.05) is 17.6 Å². The van der Waals surface area contributed by atoms with Gasteiger partial charge >= 0.3 is 0 Å². The molecule has 0 aromatic carbocycles. The van der Waals surface area contributed by atoms with Gasteiger partial charge in [0.15, 0.2) is 0 Å². The Morgan fingerprint density at radius 1 is 1.38 bits per heavy atom. The highest BCUT2D eigenvalue weighted by Gasteiger charge is 1.98. The molecule has 2 aromatic rings. The highest BCUT2D eigenvalue weighted by atomic mass is 35.5. The molecular formula is C9H4ClN3. The van der Waals surface area contributed by atoms with Gasteiger partial charge in [0.25, 0.3) is 0 Å². The topological polar surface area (TPSA) is 49.6 Å². The van der Waals surface area contributed by atoms with E-state index < -0.39 is 0 Å². The number of nitriles is 1. The van der Waals surface area contributed by atoms with E-state index in [-0.39, 0.29) is 0 Å². The van der Waals surface area contributed by atoms with Crippen LogP contribution < -0.4 is 0 Å². The van der Waals surface area contributed by atoms with Crippen molar-refractivity contribution in [2.75, 3.05) is 0 Å². The molecular weight excluding hydrogens is 186 g/mol. The van der Waals surface area contributed by atoms with Crippen molar-refractivity contribution < 1.29 is 0 Å². The van der Waals surface area contributed by atoms with Gasteiger partial charge in [-0.3, -0.25) is 0 Å². The summed E-state index contributed by atoms with van der Waals surface area (Å²) in [5.74, 6) is 0. The molecule has 0 saturated heterocycles. The SMILES string of the molecule is N#Cc1cc2nc(Cl)ccc2cn1. The maximum atomic E-state index is 8.59. The molecule has 3 nitrogen and oxygen atoms in total. The lowest BCUT2D eigenvalue weighted by molar-refractivity contribution is 1.27. The Balaban J connectivity index is 2.77. The van der Waals surface area contributed by atoms with Crippen molar-refractivity contribution in [1.82, 2.24) is 9.97 Å². The molecule has 2 aromatic heterocycles. The molecule has 0 fully saturated rings. The van der Waals surface area contributed by atoms with Gasteiger partial charge in [0.2, 0.25) is 0 Å². The molecule has 0 spiro atoms. The van der Waals surface area contributed by atoms with Crippen LogP contribution in [0.25, 0.3) is 10.9 Å². The third kappa shape index (κ3) is 1.44. The van der Waals surface area contributed by atoms with E-state index in [1.807, 2.05) is 12.1 Å². The summed E-state index contributed by atoms with van der Waals surface area (Å²) in [4.78, 5) is 7.97. The standard InChI is InChI=1S/C9H4ClN3/c10-9-2-1-6-5-12-7(4-11)3-8(6)13-9/h1-3,5H. The second kappa shape index (κ2) is 3.00. The van der Waals surface area contributed by atoms with E-state index in [1.165, 1.54) is 0 Å². The summed E-state index contributed by atoms with van der Waals surface area (Å²) < 4.78 is 0. The third-order valence-corrected chi connectivity index (χ3v) is 1.86. The van der Waals surface area contributed by atoms with Crippen LogP contribution >= 0.6 is 11.6 Å². The number of hydrogen-bond acceptors (Lipinski definition) is 3. The fourth-order valence-electron chi connectivity index (χ4n) is 1.05. The first kappa shape index (κ1) is 7.96. The Labute approximate surface area is 79.6 Å².